The number of amides is 1. The van der Waals surface area contributed by atoms with Gasteiger partial charge in [0.15, 0.2) is 5.82 Å². The fourth-order valence-electron chi connectivity index (χ4n) is 3.06. The summed E-state index contributed by atoms with van der Waals surface area (Å²) in [6, 6.07) is 9.66. The molecule has 0 radical (unpaired) electrons. The summed E-state index contributed by atoms with van der Waals surface area (Å²) in [5.74, 6) is 0.812. The first-order chi connectivity index (χ1) is 12.1. The molecule has 1 amide bonds. The van der Waals surface area contributed by atoms with Crippen LogP contribution in [-0.4, -0.2) is 79.8 Å². The van der Waals surface area contributed by atoms with Gasteiger partial charge in [-0.1, -0.05) is 18.2 Å². The number of rotatable bonds is 6. The van der Waals surface area contributed by atoms with Crippen LogP contribution in [0.15, 0.2) is 30.3 Å². The molecular formula is C17H24N6O2. The highest BCUT2D eigenvalue weighted by Crippen LogP contribution is 2.10. The second kappa shape index (κ2) is 8.17. The van der Waals surface area contributed by atoms with E-state index in [1.165, 1.54) is 0 Å². The fraction of sp³-hybridized carbons (Fsp3) is 0.529. The maximum absolute atomic E-state index is 12.5. The van der Waals surface area contributed by atoms with Crippen molar-refractivity contribution in [3.8, 4) is 5.69 Å². The number of benzene rings is 1. The number of carbonyl (C=O) groups excluding carboxylic acids is 1. The molecule has 0 aliphatic carbocycles. The standard InChI is InChI=1S/C17H24N6O2/c1-14(24)13-21-9-11-22(12-10-21)17(25)8-7-16-18-19-20-23(16)15-5-3-2-4-6-15/h2-6,14,24H,7-13H2,1H3. The molecular weight excluding hydrogens is 320 g/mol. The number of aliphatic hydroxyl groups is 1. The largest absolute Gasteiger partial charge is 0.392 e. The van der Waals surface area contributed by atoms with E-state index in [-0.39, 0.29) is 12.0 Å². The second-order valence-electron chi connectivity index (χ2n) is 6.37. The molecule has 1 aliphatic rings. The lowest BCUT2D eigenvalue weighted by Crippen LogP contribution is -2.50. The molecule has 1 unspecified atom stereocenters. The Morgan fingerprint density at radius 2 is 1.92 bits per heavy atom. The van der Waals surface area contributed by atoms with Gasteiger partial charge >= 0.3 is 0 Å². The summed E-state index contributed by atoms with van der Waals surface area (Å²) in [6.45, 7) is 5.46. The minimum Gasteiger partial charge on any atom is -0.392 e. The average Bonchev–Trinajstić information content (AvgIpc) is 3.09. The molecule has 2 heterocycles. The average molecular weight is 344 g/mol. The van der Waals surface area contributed by atoms with Gasteiger partial charge in [0.1, 0.15) is 0 Å². The number of nitrogens with zero attached hydrogens (tertiary/aromatic N) is 6. The molecule has 1 N–H and O–H groups in total. The van der Waals surface area contributed by atoms with E-state index in [1.807, 2.05) is 35.2 Å². The maximum atomic E-state index is 12.5. The van der Waals surface area contributed by atoms with E-state index in [2.05, 4.69) is 20.4 Å². The van der Waals surface area contributed by atoms with Gasteiger partial charge in [0.25, 0.3) is 0 Å². The number of hydrogen-bond acceptors (Lipinski definition) is 6. The van der Waals surface area contributed by atoms with E-state index in [4.69, 9.17) is 0 Å². The van der Waals surface area contributed by atoms with Gasteiger partial charge in [0.2, 0.25) is 5.91 Å². The van der Waals surface area contributed by atoms with Gasteiger partial charge in [0, 0.05) is 45.6 Å². The molecule has 8 nitrogen and oxygen atoms in total. The highest BCUT2D eigenvalue weighted by Gasteiger charge is 2.22. The highest BCUT2D eigenvalue weighted by atomic mass is 16.3. The van der Waals surface area contributed by atoms with Crippen LogP contribution in [0.3, 0.4) is 0 Å². The Labute approximate surface area is 147 Å². The molecule has 1 aromatic heterocycles. The van der Waals surface area contributed by atoms with Crippen LogP contribution in [0.1, 0.15) is 19.2 Å². The summed E-state index contributed by atoms with van der Waals surface area (Å²) in [5, 5.41) is 21.2. The quantitative estimate of drug-likeness (QED) is 0.801. The van der Waals surface area contributed by atoms with Crippen LogP contribution in [0.4, 0.5) is 0 Å². The van der Waals surface area contributed by atoms with Crippen LogP contribution in [-0.2, 0) is 11.2 Å². The number of piperazine rings is 1. The minimum atomic E-state index is -0.334. The Morgan fingerprint density at radius 1 is 1.20 bits per heavy atom. The van der Waals surface area contributed by atoms with E-state index in [0.717, 1.165) is 18.8 Å². The highest BCUT2D eigenvalue weighted by molar-refractivity contribution is 5.76. The number of aliphatic hydroxyl groups excluding tert-OH is 1. The predicted molar refractivity (Wildman–Crippen MR) is 92.2 cm³/mol. The Balaban J connectivity index is 1.52. The van der Waals surface area contributed by atoms with Crippen LogP contribution in [0.25, 0.3) is 5.69 Å². The minimum absolute atomic E-state index is 0.124. The fourth-order valence-corrected chi connectivity index (χ4v) is 3.06. The molecule has 3 rings (SSSR count). The van der Waals surface area contributed by atoms with Crippen molar-refractivity contribution in [3.63, 3.8) is 0 Å². The van der Waals surface area contributed by atoms with Gasteiger partial charge in [-0.3, -0.25) is 9.69 Å². The Kier molecular flexibility index (Phi) is 5.72. The number of para-hydroxylation sites is 1. The van der Waals surface area contributed by atoms with Crippen molar-refractivity contribution >= 4 is 5.91 Å². The molecule has 1 atom stereocenters. The third-order valence-corrected chi connectivity index (χ3v) is 4.34. The maximum Gasteiger partial charge on any atom is 0.223 e. The van der Waals surface area contributed by atoms with Gasteiger partial charge in [-0.2, -0.15) is 4.68 Å². The summed E-state index contributed by atoms with van der Waals surface area (Å²) < 4.78 is 1.67. The van der Waals surface area contributed by atoms with Crippen molar-refractivity contribution < 1.29 is 9.90 Å². The Hall–Kier alpha value is -2.32. The third kappa shape index (κ3) is 4.61. The number of β-amino-alcohol motifs (C(OH)–C–C–N with tert-alkyl or cyclic N) is 1. The molecule has 2 aromatic rings. The zero-order valence-corrected chi connectivity index (χ0v) is 14.5. The molecule has 0 saturated carbocycles. The molecule has 25 heavy (non-hydrogen) atoms. The molecule has 134 valence electrons. The van der Waals surface area contributed by atoms with E-state index in [0.29, 0.717) is 38.3 Å². The van der Waals surface area contributed by atoms with Crippen molar-refractivity contribution in [2.24, 2.45) is 0 Å². The smallest absolute Gasteiger partial charge is 0.223 e. The molecule has 1 fully saturated rings. The molecule has 0 spiro atoms. The monoisotopic (exact) mass is 344 g/mol. The van der Waals surface area contributed by atoms with Crippen LogP contribution >= 0.6 is 0 Å². The summed E-state index contributed by atoms with van der Waals surface area (Å²) in [7, 11) is 0. The molecule has 1 saturated heterocycles. The SMILES string of the molecule is CC(O)CN1CCN(C(=O)CCc2nnnn2-c2ccccc2)CC1. The normalized spacial score (nSPS) is 16.8. The lowest BCUT2D eigenvalue weighted by Gasteiger charge is -2.35. The van der Waals surface area contributed by atoms with Crippen molar-refractivity contribution in [3.05, 3.63) is 36.2 Å². The lowest BCUT2D eigenvalue weighted by atomic mass is 10.2. The molecule has 1 aromatic carbocycles. The van der Waals surface area contributed by atoms with Crippen LogP contribution in [0.5, 0.6) is 0 Å². The Bertz CT molecular complexity index is 679. The van der Waals surface area contributed by atoms with Gasteiger partial charge in [0.05, 0.1) is 11.8 Å². The van der Waals surface area contributed by atoms with Crippen molar-refractivity contribution in [1.29, 1.82) is 0 Å². The summed E-state index contributed by atoms with van der Waals surface area (Å²) >= 11 is 0. The number of aromatic nitrogens is 4. The predicted octanol–water partition coefficient (Wildman–Crippen LogP) is 0.120. The zero-order valence-electron chi connectivity index (χ0n) is 14.5. The van der Waals surface area contributed by atoms with E-state index < -0.39 is 0 Å². The topological polar surface area (TPSA) is 87.4 Å². The first-order valence-electron chi connectivity index (χ1n) is 8.64. The summed E-state index contributed by atoms with van der Waals surface area (Å²) in [4.78, 5) is 16.5. The molecule has 0 bridgehead atoms. The van der Waals surface area contributed by atoms with Crippen LogP contribution in [0, 0.1) is 0 Å². The van der Waals surface area contributed by atoms with Crippen LogP contribution < -0.4 is 0 Å². The van der Waals surface area contributed by atoms with Gasteiger partial charge < -0.3 is 10.0 Å². The van der Waals surface area contributed by atoms with Crippen molar-refractivity contribution in [2.75, 3.05) is 32.7 Å². The van der Waals surface area contributed by atoms with Crippen molar-refractivity contribution in [1.82, 2.24) is 30.0 Å². The first-order valence-corrected chi connectivity index (χ1v) is 8.64. The van der Waals surface area contributed by atoms with Gasteiger partial charge in [-0.15, -0.1) is 5.10 Å². The Morgan fingerprint density at radius 3 is 2.60 bits per heavy atom. The zero-order chi connectivity index (χ0) is 17.6. The summed E-state index contributed by atoms with van der Waals surface area (Å²) in [6.07, 6.45) is 0.567. The summed E-state index contributed by atoms with van der Waals surface area (Å²) in [5.41, 5.74) is 0.890. The van der Waals surface area contributed by atoms with E-state index in [1.54, 1.807) is 11.6 Å². The number of tetrazole rings is 1. The second-order valence-corrected chi connectivity index (χ2v) is 6.37. The third-order valence-electron chi connectivity index (χ3n) is 4.34. The van der Waals surface area contributed by atoms with Gasteiger partial charge in [-0.05, 0) is 29.5 Å². The first kappa shape index (κ1) is 17.5. The van der Waals surface area contributed by atoms with E-state index in [9.17, 15) is 9.90 Å². The number of hydrogen-bond donors (Lipinski definition) is 1. The molecule has 8 heteroatoms. The van der Waals surface area contributed by atoms with E-state index >= 15 is 0 Å². The van der Waals surface area contributed by atoms with Crippen molar-refractivity contribution in [2.45, 2.75) is 25.9 Å². The van der Waals surface area contributed by atoms with Crippen LogP contribution in [0.2, 0.25) is 0 Å². The van der Waals surface area contributed by atoms with Gasteiger partial charge in [-0.25, -0.2) is 0 Å². The lowest BCUT2D eigenvalue weighted by molar-refractivity contribution is -0.133. The number of aryl methyl sites for hydroxylation is 1. The number of carbonyl (C=O) groups is 1. The molecule has 1 aliphatic heterocycles.